The highest BCUT2D eigenvalue weighted by Crippen LogP contribution is 2.31. The van der Waals surface area contributed by atoms with Crippen LogP contribution in [0.4, 0.5) is 0 Å². The molecule has 4 rings (SSSR count). The second-order valence-corrected chi connectivity index (χ2v) is 6.89. The number of nitrogens with one attached hydrogen (secondary N) is 1. The molecule has 1 N–H and O–H groups in total. The molecule has 1 saturated carbocycles. The molecule has 1 amide bonds. The second kappa shape index (κ2) is 5.82. The lowest BCUT2D eigenvalue weighted by atomic mass is 10.2. The van der Waals surface area contributed by atoms with Gasteiger partial charge in [-0.2, -0.15) is 5.10 Å². The lowest BCUT2D eigenvalue weighted by Gasteiger charge is -2.07. The Morgan fingerprint density at radius 1 is 1.29 bits per heavy atom. The van der Waals surface area contributed by atoms with Crippen molar-refractivity contribution in [3.8, 4) is 11.4 Å². The van der Waals surface area contributed by atoms with Gasteiger partial charge >= 0.3 is 0 Å². The first-order valence-electron chi connectivity index (χ1n) is 8.56. The average molecular weight is 322 g/mol. The fraction of sp³-hybridized carbons (Fsp3) is 0.368. The summed E-state index contributed by atoms with van der Waals surface area (Å²) in [6, 6.07) is 9.98. The smallest absolute Gasteiger partial charge is 0.253 e. The largest absolute Gasteiger partial charge is 0.350 e. The zero-order valence-corrected chi connectivity index (χ0v) is 14.1. The predicted molar refractivity (Wildman–Crippen MR) is 93.9 cm³/mol. The molecule has 5 nitrogen and oxygen atoms in total. The quantitative estimate of drug-likeness (QED) is 0.783. The van der Waals surface area contributed by atoms with Crippen molar-refractivity contribution >= 4 is 11.4 Å². The number of rotatable bonds is 5. The minimum absolute atomic E-state index is 0.0441. The fourth-order valence-electron chi connectivity index (χ4n) is 3.04. The molecule has 1 aliphatic rings. The van der Waals surface area contributed by atoms with Crippen LogP contribution in [-0.2, 0) is 6.54 Å². The zero-order valence-electron chi connectivity index (χ0n) is 14.1. The van der Waals surface area contributed by atoms with E-state index >= 15 is 0 Å². The normalized spacial score (nSPS) is 14.5. The summed E-state index contributed by atoms with van der Waals surface area (Å²) in [5.41, 5.74) is 3.45. The summed E-state index contributed by atoms with van der Waals surface area (Å²) in [5.74, 6) is 0.742. The van der Waals surface area contributed by atoms with Crippen LogP contribution in [0.1, 0.15) is 37.0 Å². The summed E-state index contributed by atoms with van der Waals surface area (Å²) in [5, 5.41) is 7.69. The van der Waals surface area contributed by atoms with Gasteiger partial charge in [0, 0.05) is 25.0 Å². The van der Waals surface area contributed by atoms with Crippen molar-refractivity contribution in [3.63, 3.8) is 0 Å². The highest BCUT2D eigenvalue weighted by molar-refractivity contribution is 6.02. The number of carbonyl (C=O) groups is 1. The number of fused-ring (bicyclic) bond motifs is 1. The molecule has 0 bridgehead atoms. The molecule has 0 saturated heterocycles. The molecule has 124 valence electrons. The molecule has 24 heavy (non-hydrogen) atoms. The van der Waals surface area contributed by atoms with Gasteiger partial charge in [0.25, 0.3) is 5.91 Å². The predicted octanol–water partition coefficient (Wildman–Crippen LogP) is 3.35. The Bertz CT molecular complexity index is 886. The van der Waals surface area contributed by atoms with Crippen molar-refractivity contribution in [1.29, 1.82) is 0 Å². The Morgan fingerprint density at radius 2 is 2.12 bits per heavy atom. The van der Waals surface area contributed by atoms with E-state index in [1.54, 1.807) is 0 Å². The van der Waals surface area contributed by atoms with Gasteiger partial charge in [-0.1, -0.05) is 6.07 Å². The molecule has 5 heteroatoms. The summed E-state index contributed by atoms with van der Waals surface area (Å²) in [6.45, 7) is 4.93. The molecule has 0 aromatic carbocycles. The van der Waals surface area contributed by atoms with E-state index in [0.29, 0.717) is 5.56 Å². The lowest BCUT2D eigenvalue weighted by molar-refractivity contribution is 0.0945. The topological polar surface area (TPSA) is 51.3 Å². The standard InChI is InChI=1S/C19H22N4O/c1-13(2)20-19(24)15-11-18(23-9-4-3-5-17(15)23)16-8-10-22(21-16)12-14-6-7-14/h3-5,8-11,13-14H,6-7,12H2,1-2H3,(H,20,24). The molecule has 0 aliphatic heterocycles. The fourth-order valence-corrected chi connectivity index (χ4v) is 3.04. The molecule has 1 fully saturated rings. The Kier molecular flexibility index (Phi) is 3.63. The number of amides is 1. The molecule has 0 unspecified atom stereocenters. The monoisotopic (exact) mass is 322 g/mol. The van der Waals surface area contributed by atoms with Gasteiger partial charge in [0.05, 0.1) is 16.8 Å². The van der Waals surface area contributed by atoms with Crippen molar-refractivity contribution in [1.82, 2.24) is 19.5 Å². The minimum atomic E-state index is -0.0441. The summed E-state index contributed by atoms with van der Waals surface area (Å²) in [4.78, 5) is 12.5. The first-order chi connectivity index (χ1) is 11.6. The van der Waals surface area contributed by atoms with E-state index in [0.717, 1.165) is 29.4 Å². The van der Waals surface area contributed by atoms with Gasteiger partial charge in [0.2, 0.25) is 0 Å². The number of carbonyl (C=O) groups excluding carboxylic acids is 1. The molecule has 0 spiro atoms. The highest BCUT2D eigenvalue weighted by Gasteiger charge is 2.23. The van der Waals surface area contributed by atoms with E-state index in [1.807, 2.05) is 65.7 Å². The van der Waals surface area contributed by atoms with E-state index in [2.05, 4.69) is 5.32 Å². The number of hydrogen-bond donors (Lipinski definition) is 1. The Morgan fingerprint density at radius 3 is 2.88 bits per heavy atom. The van der Waals surface area contributed by atoms with Crippen LogP contribution in [0.5, 0.6) is 0 Å². The van der Waals surface area contributed by atoms with E-state index < -0.39 is 0 Å². The van der Waals surface area contributed by atoms with Crippen LogP contribution in [0.3, 0.4) is 0 Å². The van der Waals surface area contributed by atoms with Crippen LogP contribution < -0.4 is 5.32 Å². The van der Waals surface area contributed by atoms with Crippen LogP contribution in [0.2, 0.25) is 0 Å². The van der Waals surface area contributed by atoms with Crippen molar-refractivity contribution in [2.75, 3.05) is 0 Å². The second-order valence-electron chi connectivity index (χ2n) is 6.89. The molecule has 1 aliphatic carbocycles. The SMILES string of the molecule is CC(C)NC(=O)c1cc(-c2ccn(CC3CC3)n2)n2ccccc12. The first-order valence-corrected chi connectivity index (χ1v) is 8.56. The number of pyridine rings is 1. The summed E-state index contributed by atoms with van der Waals surface area (Å²) >= 11 is 0. The third kappa shape index (κ3) is 2.82. The van der Waals surface area contributed by atoms with Gasteiger partial charge in [0.1, 0.15) is 5.69 Å². The van der Waals surface area contributed by atoms with Crippen LogP contribution in [-0.4, -0.2) is 26.1 Å². The molecule has 3 aromatic heterocycles. The van der Waals surface area contributed by atoms with Gasteiger partial charge in [-0.15, -0.1) is 0 Å². The highest BCUT2D eigenvalue weighted by atomic mass is 16.1. The summed E-state index contributed by atoms with van der Waals surface area (Å²) < 4.78 is 4.06. The Balaban J connectivity index is 1.74. The van der Waals surface area contributed by atoms with E-state index in [-0.39, 0.29) is 11.9 Å². The van der Waals surface area contributed by atoms with E-state index in [4.69, 9.17) is 5.10 Å². The minimum Gasteiger partial charge on any atom is -0.350 e. The molecule has 3 aromatic rings. The maximum Gasteiger partial charge on any atom is 0.253 e. The van der Waals surface area contributed by atoms with Gasteiger partial charge in [0.15, 0.2) is 0 Å². The zero-order chi connectivity index (χ0) is 16.7. The van der Waals surface area contributed by atoms with E-state index in [1.165, 1.54) is 12.8 Å². The summed E-state index contributed by atoms with van der Waals surface area (Å²) in [7, 11) is 0. The van der Waals surface area contributed by atoms with Crippen LogP contribution in [0, 0.1) is 5.92 Å². The summed E-state index contributed by atoms with van der Waals surface area (Å²) in [6.07, 6.45) is 6.63. The van der Waals surface area contributed by atoms with Crippen molar-refractivity contribution in [2.45, 2.75) is 39.3 Å². The van der Waals surface area contributed by atoms with Gasteiger partial charge in [-0.3, -0.25) is 9.48 Å². The molecular weight excluding hydrogens is 300 g/mol. The van der Waals surface area contributed by atoms with Crippen molar-refractivity contribution < 1.29 is 4.79 Å². The lowest BCUT2D eigenvalue weighted by Crippen LogP contribution is -2.29. The maximum atomic E-state index is 12.5. The average Bonchev–Trinajstić information content (AvgIpc) is 3.09. The van der Waals surface area contributed by atoms with Crippen molar-refractivity contribution in [3.05, 3.63) is 48.3 Å². The van der Waals surface area contributed by atoms with Gasteiger partial charge < -0.3 is 9.72 Å². The van der Waals surface area contributed by atoms with Crippen LogP contribution >= 0.6 is 0 Å². The molecule has 0 atom stereocenters. The van der Waals surface area contributed by atoms with Gasteiger partial charge in [-0.05, 0) is 56.9 Å². The molecule has 0 radical (unpaired) electrons. The molecule has 3 heterocycles. The van der Waals surface area contributed by atoms with E-state index in [9.17, 15) is 4.79 Å². The number of nitrogens with zero attached hydrogens (tertiary/aromatic N) is 3. The Hall–Kier alpha value is -2.56. The Labute approximate surface area is 141 Å². The third-order valence-corrected chi connectivity index (χ3v) is 4.39. The third-order valence-electron chi connectivity index (χ3n) is 4.39. The molecular formula is C19H22N4O. The van der Waals surface area contributed by atoms with Gasteiger partial charge in [-0.25, -0.2) is 0 Å². The maximum absolute atomic E-state index is 12.5. The first kappa shape index (κ1) is 15.0. The van der Waals surface area contributed by atoms with Crippen LogP contribution in [0.15, 0.2) is 42.7 Å². The number of hydrogen-bond acceptors (Lipinski definition) is 2. The van der Waals surface area contributed by atoms with Crippen LogP contribution in [0.25, 0.3) is 16.9 Å². The number of aromatic nitrogens is 3. The van der Waals surface area contributed by atoms with Crippen molar-refractivity contribution in [2.24, 2.45) is 5.92 Å².